The minimum atomic E-state index is 0. The molecule has 3 N–H and O–H groups in total. The highest BCUT2D eigenvalue weighted by Crippen LogP contribution is 2.21. The molecule has 5 heteroatoms. The van der Waals surface area contributed by atoms with Gasteiger partial charge in [-0.25, -0.2) is 4.98 Å². The van der Waals surface area contributed by atoms with Gasteiger partial charge in [-0.2, -0.15) is 0 Å². The lowest BCUT2D eigenvalue weighted by Gasteiger charge is -2.00. The number of ketones is 1. The van der Waals surface area contributed by atoms with Crippen LogP contribution >= 0.6 is 0 Å². The van der Waals surface area contributed by atoms with Crippen LogP contribution in [0.4, 0.5) is 0 Å². The van der Waals surface area contributed by atoms with Crippen LogP contribution in [0.15, 0.2) is 73.1 Å². The van der Waals surface area contributed by atoms with Gasteiger partial charge in [-0.3, -0.25) is 9.78 Å². The van der Waals surface area contributed by atoms with Gasteiger partial charge in [-0.1, -0.05) is 30.3 Å². The highest BCUT2D eigenvalue weighted by atomic mass is 16.1. The summed E-state index contributed by atoms with van der Waals surface area (Å²) in [5.41, 5.74) is 3.97. The van der Waals surface area contributed by atoms with Crippen LogP contribution in [0.5, 0.6) is 0 Å². The van der Waals surface area contributed by atoms with Crippen LogP contribution in [0.1, 0.15) is 15.9 Å². The minimum absolute atomic E-state index is 0. The van der Waals surface area contributed by atoms with Crippen molar-refractivity contribution in [1.29, 1.82) is 0 Å². The van der Waals surface area contributed by atoms with E-state index in [0.29, 0.717) is 11.1 Å². The summed E-state index contributed by atoms with van der Waals surface area (Å²) in [7, 11) is 0. The lowest BCUT2D eigenvalue weighted by Crippen LogP contribution is -2.00. The van der Waals surface area contributed by atoms with Crippen molar-refractivity contribution < 1.29 is 10.3 Å². The number of hydrogen-bond acceptors (Lipinski definition) is 3. The molecule has 0 saturated carbocycles. The molecule has 4 rings (SSSR count). The molecule has 2 aromatic carbocycles. The summed E-state index contributed by atoms with van der Waals surface area (Å²) in [6, 6.07) is 18.6. The normalized spacial score (nSPS) is 10.3. The van der Waals surface area contributed by atoms with E-state index in [-0.39, 0.29) is 11.3 Å². The van der Waals surface area contributed by atoms with Crippen molar-refractivity contribution in [3.8, 4) is 11.4 Å². The fourth-order valence-corrected chi connectivity index (χ4v) is 2.55. The molecule has 0 aliphatic heterocycles. The molecule has 4 aromatic rings. The van der Waals surface area contributed by atoms with Gasteiger partial charge in [-0.05, 0) is 30.3 Å². The van der Waals surface area contributed by atoms with Crippen molar-refractivity contribution in [2.75, 3.05) is 0 Å². The van der Waals surface area contributed by atoms with Crippen LogP contribution in [-0.2, 0) is 0 Å². The number of carbonyl (C=O) groups is 1. The molecule has 0 atom stereocenters. The Hall–Kier alpha value is -3.31. The molecule has 24 heavy (non-hydrogen) atoms. The third kappa shape index (κ3) is 2.80. The first kappa shape index (κ1) is 15.6. The van der Waals surface area contributed by atoms with Gasteiger partial charge in [0, 0.05) is 29.1 Å². The number of imidazole rings is 1. The first-order chi connectivity index (χ1) is 11.3. The van der Waals surface area contributed by atoms with E-state index in [1.54, 1.807) is 12.4 Å². The van der Waals surface area contributed by atoms with Crippen molar-refractivity contribution in [2.24, 2.45) is 0 Å². The zero-order chi connectivity index (χ0) is 15.6. The maximum atomic E-state index is 12.5. The topological polar surface area (TPSA) is 90.1 Å². The van der Waals surface area contributed by atoms with Gasteiger partial charge in [0.25, 0.3) is 0 Å². The molecular formula is C19H15N3O2. The quantitative estimate of drug-likeness (QED) is 0.589. The Kier molecular flexibility index (Phi) is 4.18. The van der Waals surface area contributed by atoms with Crippen LogP contribution in [0, 0.1) is 0 Å². The second kappa shape index (κ2) is 6.44. The van der Waals surface area contributed by atoms with Gasteiger partial charge < -0.3 is 10.5 Å². The Bertz CT molecular complexity index is 979. The maximum Gasteiger partial charge on any atom is 0.193 e. The number of benzene rings is 2. The average Bonchev–Trinajstić information content (AvgIpc) is 3.06. The molecule has 0 saturated heterocycles. The minimum Gasteiger partial charge on any atom is -0.412 e. The molecule has 0 aliphatic carbocycles. The maximum absolute atomic E-state index is 12.5. The highest BCUT2D eigenvalue weighted by Gasteiger charge is 2.11. The van der Waals surface area contributed by atoms with Crippen molar-refractivity contribution in [2.45, 2.75) is 0 Å². The Morgan fingerprint density at radius 1 is 0.875 bits per heavy atom. The summed E-state index contributed by atoms with van der Waals surface area (Å²) in [4.78, 5) is 24.4. The molecule has 0 spiro atoms. The molecule has 5 nitrogen and oxygen atoms in total. The smallest absolute Gasteiger partial charge is 0.193 e. The van der Waals surface area contributed by atoms with E-state index < -0.39 is 0 Å². The number of carbonyl (C=O) groups excluding carboxylic acids is 1. The molecule has 0 amide bonds. The number of nitrogens with zero attached hydrogens (tertiary/aromatic N) is 2. The number of rotatable bonds is 3. The molecule has 0 radical (unpaired) electrons. The van der Waals surface area contributed by atoms with Gasteiger partial charge >= 0.3 is 0 Å². The van der Waals surface area contributed by atoms with Gasteiger partial charge in [0.15, 0.2) is 5.78 Å². The largest absolute Gasteiger partial charge is 0.412 e. The number of hydrogen-bond donors (Lipinski definition) is 1. The van der Waals surface area contributed by atoms with Crippen molar-refractivity contribution in [3.05, 3.63) is 84.2 Å². The van der Waals surface area contributed by atoms with Gasteiger partial charge in [-0.15, -0.1) is 0 Å². The van der Waals surface area contributed by atoms with Crippen LogP contribution in [-0.4, -0.2) is 26.2 Å². The summed E-state index contributed by atoms with van der Waals surface area (Å²) < 4.78 is 0. The molecule has 0 bridgehead atoms. The van der Waals surface area contributed by atoms with Gasteiger partial charge in [0.2, 0.25) is 0 Å². The number of nitrogens with one attached hydrogen (secondary N) is 1. The number of aromatic amines is 1. The van der Waals surface area contributed by atoms with Crippen molar-refractivity contribution in [1.82, 2.24) is 15.0 Å². The Balaban J connectivity index is 0.00000169. The van der Waals surface area contributed by atoms with E-state index in [1.807, 2.05) is 60.7 Å². The molecular weight excluding hydrogens is 302 g/mol. The third-order valence-corrected chi connectivity index (χ3v) is 3.73. The van der Waals surface area contributed by atoms with Crippen LogP contribution in [0.25, 0.3) is 22.4 Å². The van der Waals surface area contributed by atoms with Crippen LogP contribution in [0.3, 0.4) is 0 Å². The van der Waals surface area contributed by atoms with E-state index in [1.165, 1.54) is 0 Å². The second-order valence-corrected chi connectivity index (χ2v) is 5.25. The van der Waals surface area contributed by atoms with Crippen LogP contribution in [0.2, 0.25) is 0 Å². The standard InChI is InChI=1S/C19H13N3O.H2O/c23-18(13-4-2-1-3-5-13)15-6-7-16-17(12-15)22-19(21-16)14-8-10-20-11-9-14;/h1-12H,(H,21,22);1H2. The second-order valence-electron chi connectivity index (χ2n) is 5.25. The van der Waals surface area contributed by atoms with Crippen LogP contribution < -0.4 is 0 Å². The monoisotopic (exact) mass is 317 g/mol. The van der Waals surface area contributed by atoms with E-state index >= 15 is 0 Å². The predicted molar refractivity (Wildman–Crippen MR) is 92.8 cm³/mol. The first-order valence-electron chi connectivity index (χ1n) is 7.31. The Morgan fingerprint density at radius 2 is 1.62 bits per heavy atom. The summed E-state index contributed by atoms with van der Waals surface area (Å²) in [6.45, 7) is 0. The molecule has 2 heterocycles. The predicted octanol–water partition coefficient (Wildman–Crippen LogP) is 3.03. The summed E-state index contributed by atoms with van der Waals surface area (Å²) in [6.07, 6.45) is 3.46. The number of aromatic nitrogens is 3. The molecule has 0 fully saturated rings. The van der Waals surface area contributed by atoms with E-state index in [9.17, 15) is 4.79 Å². The van der Waals surface area contributed by atoms with Gasteiger partial charge in [0.05, 0.1) is 11.0 Å². The fraction of sp³-hybridized carbons (Fsp3) is 0. The van der Waals surface area contributed by atoms with Gasteiger partial charge in [0.1, 0.15) is 5.82 Å². The average molecular weight is 317 g/mol. The zero-order valence-corrected chi connectivity index (χ0v) is 12.7. The number of H-pyrrole nitrogens is 1. The van der Waals surface area contributed by atoms with E-state index in [2.05, 4.69) is 15.0 Å². The van der Waals surface area contributed by atoms with Crippen molar-refractivity contribution >= 4 is 16.8 Å². The first-order valence-corrected chi connectivity index (χ1v) is 7.31. The lowest BCUT2D eigenvalue weighted by atomic mass is 10.0. The summed E-state index contributed by atoms with van der Waals surface area (Å²) in [5.74, 6) is 0.777. The number of fused-ring (bicyclic) bond motifs is 1. The molecule has 118 valence electrons. The summed E-state index contributed by atoms with van der Waals surface area (Å²) in [5, 5.41) is 0. The number of pyridine rings is 1. The molecule has 0 aliphatic rings. The van der Waals surface area contributed by atoms with Crippen molar-refractivity contribution in [3.63, 3.8) is 0 Å². The lowest BCUT2D eigenvalue weighted by molar-refractivity contribution is 0.103. The zero-order valence-electron chi connectivity index (χ0n) is 12.7. The van der Waals surface area contributed by atoms with E-state index in [0.717, 1.165) is 22.4 Å². The Morgan fingerprint density at radius 3 is 2.38 bits per heavy atom. The molecule has 0 unspecified atom stereocenters. The SMILES string of the molecule is O.O=C(c1ccccc1)c1ccc2nc(-c3ccncc3)[nH]c2c1. The molecule has 2 aromatic heterocycles. The third-order valence-electron chi connectivity index (χ3n) is 3.73. The highest BCUT2D eigenvalue weighted by molar-refractivity contribution is 6.10. The fourth-order valence-electron chi connectivity index (χ4n) is 2.55. The Labute approximate surface area is 138 Å². The summed E-state index contributed by atoms with van der Waals surface area (Å²) >= 11 is 0. The van der Waals surface area contributed by atoms with E-state index in [4.69, 9.17) is 0 Å².